The van der Waals surface area contributed by atoms with Crippen LogP contribution in [-0.4, -0.2) is 11.5 Å². The van der Waals surface area contributed by atoms with E-state index in [0.717, 1.165) is 45.0 Å². The van der Waals surface area contributed by atoms with Crippen molar-refractivity contribution in [3.8, 4) is 33.8 Å². The normalized spacial score (nSPS) is 18.7. The first kappa shape index (κ1) is 28.9. The molecule has 6 aromatic carbocycles. The standard InChI is InChI=1S/C46H32N2O/c1-31-15-4-2-7-24-41(33-16-5-3-6-17-33)48-45(47-31)34-29-27-32(28-30-34)35-19-14-23-40-44(35)36-18-8-9-20-37(36)46(40)38-21-10-12-25-42(38)49-43-26-13-11-22-39(43)46/h2-23,25-30H,1,24H2/b7-2-,15-4-,47-45-,48-41+. The largest absolute Gasteiger partial charge is 0.457 e. The number of benzene rings is 6. The number of aliphatic imine (C=N–C) groups is 2. The summed E-state index contributed by atoms with van der Waals surface area (Å²) in [5, 5.41) is 0. The van der Waals surface area contributed by atoms with Crippen LogP contribution in [0.15, 0.2) is 192 Å². The monoisotopic (exact) mass is 628 g/mol. The molecule has 0 aromatic heterocycles. The molecule has 0 saturated carbocycles. The maximum Gasteiger partial charge on any atom is 0.160 e. The number of nitrogens with zero attached hydrogens (tertiary/aromatic N) is 2. The number of fused-ring (bicyclic) bond motifs is 9. The Hall–Kier alpha value is -6.32. The Labute approximate surface area is 286 Å². The number of rotatable bonds is 3. The Morgan fingerprint density at radius 1 is 0.510 bits per heavy atom. The van der Waals surface area contributed by atoms with E-state index in [2.05, 4.69) is 140 Å². The molecule has 0 unspecified atom stereocenters. The Morgan fingerprint density at radius 3 is 1.88 bits per heavy atom. The van der Waals surface area contributed by atoms with Crippen LogP contribution in [-0.2, 0) is 5.41 Å². The summed E-state index contributed by atoms with van der Waals surface area (Å²) in [7, 11) is 0. The van der Waals surface area contributed by atoms with Gasteiger partial charge in [0.15, 0.2) is 5.84 Å². The van der Waals surface area contributed by atoms with Crippen molar-refractivity contribution in [2.45, 2.75) is 11.8 Å². The average molecular weight is 629 g/mol. The highest BCUT2D eigenvalue weighted by Crippen LogP contribution is 2.63. The van der Waals surface area contributed by atoms with E-state index >= 15 is 0 Å². The molecule has 0 atom stereocenters. The molecule has 1 spiro atoms. The minimum Gasteiger partial charge on any atom is -0.457 e. The SMILES string of the molecule is C=C1/C=C\C=C/C/C(c2ccccc2)=N\C(c2ccc(-c3cccc4c3-c3ccccc3C43c4ccccc4Oc4ccccc43)cc2)=N/1. The second kappa shape index (κ2) is 11.7. The lowest BCUT2D eigenvalue weighted by molar-refractivity contribution is 0.436. The smallest absolute Gasteiger partial charge is 0.160 e. The summed E-state index contributed by atoms with van der Waals surface area (Å²) in [6, 6.07) is 51.5. The first-order valence-electron chi connectivity index (χ1n) is 16.7. The third-order valence-electron chi connectivity index (χ3n) is 9.77. The predicted molar refractivity (Wildman–Crippen MR) is 201 cm³/mol. The van der Waals surface area contributed by atoms with Crippen molar-refractivity contribution in [2.24, 2.45) is 9.98 Å². The highest BCUT2D eigenvalue weighted by atomic mass is 16.5. The molecule has 3 heteroatoms. The summed E-state index contributed by atoms with van der Waals surface area (Å²) >= 11 is 0. The van der Waals surface area contributed by atoms with E-state index in [1.807, 2.05) is 36.4 Å². The van der Waals surface area contributed by atoms with Crippen LogP contribution in [0, 0.1) is 0 Å². The van der Waals surface area contributed by atoms with Gasteiger partial charge in [-0.05, 0) is 57.2 Å². The van der Waals surface area contributed by atoms with Crippen molar-refractivity contribution in [3.05, 3.63) is 216 Å². The molecule has 3 nitrogen and oxygen atoms in total. The Kier molecular flexibility index (Phi) is 6.91. The quantitative estimate of drug-likeness (QED) is 0.192. The summed E-state index contributed by atoms with van der Waals surface area (Å²) in [4.78, 5) is 10.0. The second-order valence-electron chi connectivity index (χ2n) is 12.5. The Balaban J connectivity index is 1.20. The third kappa shape index (κ3) is 4.66. The van der Waals surface area contributed by atoms with Gasteiger partial charge in [-0.3, -0.25) is 0 Å². The van der Waals surface area contributed by atoms with Crippen molar-refractivity contribution in [2.75, 3.05) is 0 Å². The number of ether oxygens (including phenoxy) is 1. The Morgan fingerprint density at radius 2 is 1.12 bits per heavy atom. The average Bonchev–Trinajstić information content (AvgIpc) is 3.45. The van der Waals surface area contributed by atoms with Gasteiger partial charge in [0.25, 0.3) is 0 Å². The highest BCUT2D eigenvalue weighted by molar-refractivity contribution is 6.13. The van der Waals surface area contributed by atoms with Crippen molar-refractivity contribution >= 4 is 11.5 Å². The van der Waals surface area contributed by atoms with Gasteiger partial charge in [-0.15, -0.1) is 0 Å². The van der Waals surface area contributed by atoms with Gasteiger partial charge in [-0.2, -0.15) is 0 Å². The minimum absolute atomic E-state index is 0.497. The molecular formula is C46H32N2O. The van der Waals surface area contributed by atoms with E-state index < -0.39 is 5.41 Å². The fourth-order valence-corrected chi connectivity index (χ4v) is 7.68. The number of allylic oxidation sites excluding steroid dienone is 4. The molecule has 0 fully saturated rings. The number of hydrogen-bond acceptors (Lipinski definition) is 3. The van der Waals surface area contributed by atoms with E-state index in [1.165, 1.54) is 27.8 Å². The second-order valence-corrected chi connectivity index (χ2v) is 12.5. The van der Waals surface area contributed by atoms with E-state index in [0.29, 0.717) is 18.0 Å². The topological polar surface area (TPSA) is 34.0 Å². The number of para-hydroxylation sites is 2. The van der Waals surface area contributed by atoms with Crippen molar-refractivity contribution in [1.29, 1.82) is 0 Å². The number of amidine groups is 1. The molecule has 0 radical (unpaired) electrons. The van der Waals surface area contributed by atoms with E-state index in [4.69, 9.17) is 14.7 Å². The van der Waals surface area contributed by atoms with Gasteiger partial charge < -0.3 is 4.74 Å². The zero-order valence-corrected chi connectivity index (χ0v) is 26.9. The summed E-state index contributed by atoms with van der Waals surface area (Å²) in [5.41, 5.74) is 12.8. The third-order valence-corrected chi connectivity index (χ3v) is 9.77. The molecule has 0 N–H and O–H groups in total. The van der Waals surface area contributed by atoms with Gasteiger partial charge in [-0.1, -0.05) is 158 Å². The maximum atomic E-state index is 6.52. The molecule has 1 aliphatic carbocycles. The van der Waals surface area contributed by atoms with Crippen LogP contribution in [0.4, 0.5) is 0 Å². The zero-order chi connectivity index (χ0) is 32.8. The molecule has 3 aliphatic rings. The summed E-state index contributed by atoms with van der Waals surface area (Å²) in [5.74, 6) is 2.44. The van der Waals surface area contributed by atoms with Gasteiger partial charge in [0, 0.05) is 23.1 Å². The first-order chi connectivity index (χ1) is 24.2. The van der Waals surface area contributed by atoms with E-state index in [1.54, 1.807) is 0 Å². The maximum absolute atomic E-state index is 6.52. The summed E-state index contributed by atoms with van der Waals surface area (Å²) in [6.07, 6.45) is 8.75. The van der Waals surface area contributed by atoms with Gasteiger partial charge in [0.05, 0.1) is 16.8 Å². The van der Waals surface area contributed by atoms with Crippen LogP contribution in [0.1, 0.15) is 39.8 Å². The van der Waals surface area contributed by atoms with Gasteiger partial charge >= 0.3 is 0 Å². The van der Waals surface area contributed by atoms with Crippen LogP contribution in [0.2, 0.25) is 0 Å². The van der Waals surface area contributed by atoms with Crippen molar-refractivity contribution in [1.82, 2.24) is 0 Å². The van der Waals surface area contributed by atoms with Crippen LogP contribution in [0.25, 0.3) is 22.3 Å². The lowest BCUT2D eigenvalue weighted by atomic mass is 9.66. The minimum atomic E-state index is -0.497. The molecule has 0 amide bonds. The molecule has 232 valence electrons. The van der Waals surface area contributed by atoms with Crippen LogP contribution >= 0.6 is 0 Å². The molecule has 6 aromatic rings. The highest BCUT2D eigenvalue weighted by Gasteiger charge is 2.51. The van der Waals surface area contributed by atoms with Crippen molar-refractivity contribution < 1.29 is 4.74 Å². The van der Waals surface area contributed by atoms with Crippen LogP contribution in [0.3, 0.4) is 0 Å². The number of hydrogen-bond donors (Lipinski definition) is 0. The van der Waals surface area contributed by atoms with Crippen LogP contribution < -0.4 is 4.74 Å². The lowest BCUT2D eigenvalue weighted by Crippen LogP contribution is -2.32. The molecule has 0 bridgehead atoms. The van der Waals surface area contributed by atoms with Crippen molar-refractivity contribution in [3.63, 3.8) is 0 Å². The molecule has 0 saturated heterocycles. The fourth-order valence-electron chi connectivity index (χ4n) is 7.68. The molecule has 9 rings (SSSR count). The van der Waals surface area contributed by atoms with Gasteiger partial charge in [-0.25, -0.2) is 9.98 Å². The Bertz CT molecular complexity index is 2350. The van der Waals surface area contributed by atoms with E-state index in [9.17, 15) is 0 Å². The molecule has 49 heavy (non-hydrogen) atoms. The summed E-state index contributed by atoms with van der Waals surface area (Å²) < 4.78 is 6.52. The summed E-state index contributed by atoms with van der Waals surface area (Å²) in [6.45, 7) is 4.17. The van der Waals surface area contributed by atoms with E-state index in [-0.39, 0.29) is 0 Å². The van der Waals surface area contributed by atoms with Gasteiger partial charge in [0.2, 0.25) is 0 Å². The fraction of sp³-hybridized carbons (Fsp3) is 0.0435. The molecular weight excluding hydrogens is 597 g/mol. The first-order valence-corrected chi connectivity index (χ1v) is 16.7. The molecule has 2 heterocycles. The predicted octanol–water partition coefficient (Wildman–Crippen LogP) is 11.1. The van der Waals surface area contributed by atoms with Gasteiger partial charge in [0.1, 0.15) is 11.5 Å². The zero-order valence-electron chi connectivity index (χ0n) is 26.9. The lowest BCUT2D eigenvalue weighted by Gasteiger charge is -2.39. The van der Waals surface area contributed by atoms with Crippen LogP contribution in [0.5, 0.6) is 11.5 Å². The molecule has 2 aliphatic heterocycles.